The van der Waals surface area contributed by atoms with E-state index in [4.69, 9.17) is 0 Å². The fourth-order valence-corrected chi connectivity index (χ4v) is 2.54. The van der Waals surface area contributed by atoms with Crippen LogP contribution in [0.2, 0.25) is 0 Å². The summed E-state index contributed by atoms with van der Waals surface area (Å²) in [5, 5.41) is 3.40. The fourth-order valence-electron chi connectivity index (χ4n) is 2.54. The quantitative estimate of drug-likeness (QED) is 0.739. The summed E-state index contributed by atoms with van der Waals surface area (Å²) in [5.74, 6) is 1.56. The van der Waals surface area contributed by atoms with Gasteiger partial charge in [-0.3, -0.25) is 0 Å². The molecule has 0 amide bonds. The number of anilines is 3. The van der Waals surface area contributed by atoms with Crippen LogP contribution in [0.15, 0.2) is 66.7 Å². The third-order valence-electron chi connectivity index (χ3n) is 3.85. The minimum Gasteiger partial charge on any atom is -0.370 e. The first-order chi connectivity index (χ1) is 11.7. The number of rotatable bonds is 6. The molecule has 1 N–H and O–H groups in total. The van der Waals surface area contributed by atoms with Crippen molar-refractivity contribution in [1.29, 1.82) is 0 Å². The maximum atomic E-state index is 4.64. The summed E-state index contributed by atoms with van der Waals surface area (Å²) in [6.45, 7) is 2.83. The Hall–Kier alpha value is -2.88. The predicted octanol–water partition coefficient (Wildman–Crippen LogP) is 4.21. The molecule has 0 spiro atoms. The van der Waals surface area contributed by atoms with E-state index in [2.05, 4.69) is 39.6 Å². The molecule has 0 aliphatic carbocycles. The van der Waals surface area contributed by atoms with Crippen molar-refractivity contribution < 1.29 is 0 Å². The van der Waals surface area contributed by atoms with E-state index in [1.807, 2.05) is 61.3 Å². The Labute approximate surface area is 143 Å². The zero-order valence-corrected chi connectivity index (χ0v) is 14.1. The lowest BCUT2D eigenvalue weighted by Gasteiger charge is -2.18. The molecule has 3 aromatic rings. The van der Waals surface area contributed by atoms with Gasteiger partial charge in [0, 0.05) is 31.0 Å². The van der Waals surface area contributed by atoms with Gasteiger partial charge in [0.1, 0.15) is 5.82 Å². The molecule has 1 aromatic heterocycles. The van der Waals surface area contributed by atoms with Gasteiger partial charge >= 0.3 is 0 Å². The van der Waals surface area contributed by atoms with Crippen LogP contribution in [-0.2, 0) is 6.42 Å². The molecular weight excluding hydrogens is 296 g/mol. The van der Waals surface area contributed by atoms with E-state index < -0.39 is 0 Å². The monoisotopic (exact) mass is 318 g/mol. The molecule has 4 heteroatoms. The zero-order chi connectivity index (χ0) is 16.8. The predicted molar refractivity (Wildman–Crippen MR) is 99.9 cm³/mol. The normalized spacial score (nSPS) is 10.4. The first kappa shape index (κ1) is 16.0. The molecule has 1 heterocycles. The average molecular weight is 318 g/mol. The summed E-state index contributed by atoms with van der Waals surface area (Å²) in [6.07, 6.45) is 0.966. The molecule has 0 bridgehead atoms. The topological polar surface area (TPSA) is 41.1 Å². The van der Waals surface area contributed by atoms with Crippen LogP contribution in [0.3, 0.4) is 0 Å². The molecule has 0 fully saturated rings. The Balaban J connectivity index is 1.69. The summed E-state index contributed by atoms with van der Waals surface area (Å²) in [4.78, 5) is 11.2. The van der Waals surface area contributed by atoms with Gasteiger partial charge in [-0.1, -0.05) is 48.5 Å². The van der Waals surface area contributed by atoms with Crippen LogP contribution < -0.4 is 10.2 Å². The third kappa shape index (κ3) is 4.10. The molecule has 0 aliphatic rings. The van der Waals surface area contributed by atoms with E-state index in [1.165, 1.54) is 5.56 Å². The molecular formula is C20H22N4. The average Bonchev–Trinajstić information content (AvgIpc) is 2.62. The number of aryl methyl sites for hydroxylation is 1. The second-order valence-corrected chi connectivity index (χ2v) is 5.75. The standard InChI is InChI=1S/C20H22N4/c1-16-15-19(21-14-13-17-9-5-3-6-10-17)23-20(22-16)24(2)18-11-7-4-8-12-18/h3-12,15H,13-14H2,1-2H3,(H,21,22,23). The number of aromatic nitrogens is 2. The minimum absolute atomic E-state index is 0.698. The van der Waals surface area contributed by atoms with E-state index in [-0.39, 0.29) is 0 Å². The molecule has 0 atom stereocenters. The summed E-state index contributed by atoms with van der Waals surface area (Å²) in [5.41, 5.74) is 3.33. The van der Waals surface area contributed by atoms with E-state index in [0.29, 0.717) is 5.95 Å². The largest absolute Gasteiger partial charge is 0.370 e. The number of nitrogens with one attached hydrogen (secondary N) is 1. The molecule has 0 saturated carbocycles. The summed E-state index contributed by atoms with van der Waals surface area (Å²) in [6, 6.07) is 22.6. The van der Waals surface area contributed by atoms with E-state index in [1.54, 1.807) is 0 Å². The second kappa shape index (κ2) is 7.59. The lowest BCUT2D eigenvalue weighted by molar-refractivity contribution is 0.973. The number of nitrogens with zero attached hydrogens (tertiary/aromatic N) is 3. The SMILES string of the molecule is Cc1cc(NCCc2ccccc2)nc(N(C)c2ccccc2)n1. The van der Waals surface area contributed by atoms with Crippen LogP contribution in [0.1, 0.15) is 11.3 Å². The van der Waals surface area contributed by atoms with Crippen molar-refractivity contribution in [3.63, 3.8) is 0 Å². The molecule has 2 aromatic carbocycles. The highest BCUT2D eigenvalue weighted by Gasteiger charge is 2.09. The molecule has 24 heavy (non-hydrogen) atoms. The number of hydrogen-bond acceptors (Lipinski definition) is 4. The van der Waals surface area contributed by atoms with E-state index >= 15 is 0 Å². The van der Waals surface area contributed by atoms with Crippen molar-refractivity contribution in [3.8, 4) is 0 Å². The summed E-state index contributed by atoms with van der Waals surface area (Å²) >= 11 is 0. The first-order valence-corrected chi connectivity index (χ1v) is 8.14. The van der Waals surface area contributed by atoms with E-state index in [9.17, 15) is 0 Å². The van der Waals surface area contributed by atoms with Crippen molar-refractivity contribution in [2.75, 3.05) is 23.8 Å². The zero-order valence-electron chi connectivity index (χ0n) is 14.1. The Kier molecular flexibility index (Phi) is 5.06. The summed E-state index contributed by atoms with van der Waals surface area (Å²) in [7, 11) is 1.98. The van der Waals surface area contributed by atoms with Gasteiger partial charge in [0.25, 0.3) is 0 Å². The van der Waals surface area contributed by atoms with Crippen molar-refractivity contribution >= 4 is 17.5 Å². The van der Waals surface area contributed by atoms with Gasteiger partial charge in [-0.2, -0.15) is 4.98 Å². The van der Waals surface area contributed by atoms with Gasteiger partial charge in [-0.25, -0.2) is 4.98 Å². The third-order valence-corrected chi connectivity index (χ3v) is 3.85. The van der Waals surface area contributed by atoms with Gasteiger partial charge < -0.3 is 10.2 Å². The first-order valence-electron chi connectivity index (χ1n) is 8.14. The number of hydrogen-bond donors (Lipinski definition) is 1. The Bertz CT molecular complexity index is 772. The molecule has 0 unspecified atom stereocenters. The molecule has 3 rings (SSSR count). The lowest BCUT2D eigenvalue weighted by atomic mass is 10.1. The van der Waals surface area contributed by atoms with Crippen molar-refractivity contribution in [1.82, 2.24) is 9.97 Å². The van der Waals surface area contributed by atoms with Crippen molar-refractivity contribution in [3.05, 3.63) is 78.0 Å². The van der Waals surface area contributed by atoms with Gasteiger partial charge in [0.05, 0.1) is 0 Å². The minimum atomic E-state index is 0.698. The van der Waals surface area contributed by atoms with Crippen LogP contribution in [0.25, 0.3) is 0 Å². The van der Waals surface area contributed by atoms with Gasteiger partial charge in [0.2, 0.25) is 5.95 Å². The van der Waals surface area contributed by atoms with E-state index in [0.717, 1.165) is 30.2 Å². The number of para-hydroxylation sites is 1. The smallest absolute Gasteiger partial charge is 0.231 e. The van der Waals surface area contributed by atoms with Crippen LogP contribution in [0, 0.1) is 6.92 Å². The van der Waals surface area contributed by atoms with Crippen LogP contribution in [0.5, 0.6) is 0 Å². The lowest BCUT2D eigenvalue weighted by Crippen LogP contribution is -2.15. The number of benzene rings is 2. The molecule has 4 nitrogen and oxygen atoms in total. The van der Waals surface area contributed by atoms with Crippen LogP contribution >= 0.6 is 0 Å². The van der Waals surface area contributed by atoms with Crippen LogP contribution in [-0.4, -0.2) is 23.6 Å². The highest BCUT2D eigenvalue weighted by atomic mass is 15.2. The van der Waals surface area contributed by atoms with Crippen molar-refractivity contribution in [2.24, 2.45) is 0 Å². The van der Waals surface area contributed by atoms with Crippen LogP contribution in [0.4, 0.5) is 17.5 Å². The van der Waals surface area contributed by atoms with Gasteiger partial charge in [-0.05, 0) is 31.0 Å². The Morgan fingerprint density at radius 2 is 1.58 bits per heavy atom. The Morgan fingerprint density at radius 3 is 2.29 bits per heavy atom. The van der Waals surface area contributed by atoms with Gasteiger partial charge in [-0.15, -0.1) is 0 Å². The Morgan fingerprint density at radius 1 is 0.917 bits per heavy atom. The molecule has 0 saturated heterocycles. The van der Waals surface area contributed by atoms with Crippen molar-refractivity contribution in [2.45, 2.75) is 13.3 Å². The second-order valence-electron chi connectivity index (χ2n) is 5.75. The summed E-state index contributed by atoms with van der Waals surface area (Å²) < 4.78 is 0. The van der Waals surface area contributed by atoms with Gasteiger partial charge in [0.15, 0.2) is 0 Å². The maximum absolute atomic E-state index is 4.64. The highest BCUT2D eigenvalue weighted by Crippen LogP contribution is 2.21. The maximum Gasteiger partial charge on any atom is 0.231 e. The molecule has 0 radical (unpaired) electrons. The highest BCUT2D eigenvalue weighted by molar-refractivity contribution is 5.57. The fraction of sp³-hybridized carbons (Fsp3) is 0.200. The molecule has 122 valence electrons. The molecule has 0 aliphatic heterocycles.